The number of fused-ring (bicyclic) bond motifs is 6. The monoisotopic (exact) mass is 623 g/mol. The van der Waals surface area contributed by atoms with Gasteiger partial charge in [0.1, 0.15) is 0 Å². The molecule has 8 rings (SSSR count). The highest BCUT2D eigenvalue weighted by atomic mass is 15.2. The Labute approximate surface area is 288 Å². The van der Waals surface area contributed by atoms with E-state index in [9.17, 15) is 0 Å². The average Bonchev–Trinajstić information content (AvgIpc) is 3.66. The fourth-order valence-electron chi connectivity index (χ4n) is 9.23. The quantitative estimate of drug-likeness (QED) is 0.181. The van der Waals surface area contributed by atoms with E-state index in [-0.39, 0.29) is 23.0 Å². The summed E-state index contributed by atoms with van der Waals surface area (Å²) in [5, 5.41) is 0. The van der Waals surface area contributed by atoms with Crippen molar-refractivity contribution in [3.8, 4) is 0 Å². The summed E-state index contributed by atoms with van der Waals surface area (Å²) >= 11 is 0. The largest absolute Gasteiger partial charge is 0.339 e. The molecule has 2 nitrogen and oxygen atoms in total. The average molecular weight is 624 g/mol. The van der Waals surface area contributed by atoms with Gasteiger partial charge < -0.3 is 9.80 Å². The molecule has 4 aromatic carbocycles. The Hall–Kier alpha value is -3.46. The van der Waals surface area contributed by atoms with Crippen LogP contribution in [0.2, 0.25) is 0 Å². The van der Waals surface area contributed by atoms with Crippen molar-refractivity contribution in [3.05, 3.63) is 95.1 Å². The molecule has 0 spiro atoms. The predicted molar refractivity (Wildman–Crippen MR) is 204 cm³/mol. The summed E-state index contributed by atoms with van der Waals surface area (Å²) in [5.41, 5.74) is 13.7. The first-order valence-corrected chi connectivity index (χ1v) is 18.0. The lowest BCUT2D eigenvalue weighted by atomic mass is 9.33. The van der Waals surface area contributed by atoms with E-state index in [0.717, 1.165) is 28.7 Å². The van der Waals surface area contributed by atoms with Crippen molar-refractivity contribution in [1.29, 1.82) is 0 Å². The first-order valence-electron chi connectivity index (χ1n) is 19.5. The van der Waals surface area contributed by atoms with Crippen LogP contribution in [-0.4, -0.2) is 12.8 Å². The third-order valence-corrected chi connectivity index (χ3v) is 11.9. The number of anilines is 5. The molecular weight excluding hydrogens is 567 g/mol. The predicted octanol–water partition coefficient (Wildman–Crippen LogP) is 9.83. The van der Waals surface area contributed by atoms with Gasteiger partial charge in [0.15, 0.2) is 0 Å². The molecule has 3 atom stereocenters. The standard InChI is InChI=1S/C44H53BN2/c1-27-21-39-41-40(22-27)47(36-24-28-11-12-29(36)23-28)38-26-32(44(8,9)10)16-20-35(38)45(41)34-19-15-31(43(5,6)7)25-37(34)46(39)33-17-13-30(14-18-33)42(2,3)4/h13-22,25-26,28-29,36H,11-12,23-24H2,1-10H3/i1D3. The fraction of sp³-hybridized carbons (Fsp3) is 0.455. The topological polar surface area (TPSA) is 6.48 Å². The van der Waals surface area contributed by atoms with Crippen molar-refractivity contribution in [2.45, 2.75) is 117 Å². The zero-order chi connectivity index (χ0) is 35.7. The molecule has 47 heavy (non-hydrogen) atoms. The molecule has 0 N–H and O–H groups in total. The lowest BCUT2D eigenvalue weighted by Gasteiger charge is -2.48. The molecule has 3 heteroatoms. The van der Waals surface area contributed by atoms with Crippen molar-refractivity contribution in [2.24, 2.45) is 11.8 Å². The summed E-state index contributed by atoms with van der Waals surface area (Å²) in [6.07, 6.45) is 5.03. The number of rotatable bonds is 2. The Kier molecular flexibility index (Phi) is 6.01. The van der Waals surface area contributed by atoms with Crippen LogP contribution in [0.1, 0.15) is 114 Å². The summed E-state index contributed by atoms with van der Waals surface area (Å²) < 4.78 is 26.3. The van der Waals surface area contributed by atoms with Crippen LogP contribution < -0.4 is 26.2 Å². The number of hydrogen-bond acceptors (Lipinski definition) is 2. The summed E-state index contributed by atoms with van der Waals surface area (Å²) in [7, 11) is 0. The molecule has 2 aliphatic heterocycles. The van der Waals surface area contributed by atoms with Gasteiger partial charge in [-0.15, -0.1) is 0 Å². The Balaban J connectivity index is 1.46. The Morgan fingerprint density at radius 3 is 1.74 bits per heavy atom. The molecule has 4 aliphatic rings. The molecule has 2 aliphatic carbocycles. The van der Waals surface area contributed by atoms with Crippen LogP contribution in [0.25, 0.3) is 0 Å². The second kappa shape index (κ2) is 10.3. The maximum absolute atomic E-state index is 8.77. The van der Waals surface area contributed by atoms with E-state index in [1.54, 1.807) is 0 Å². The molecule has 2 fully saturated rings. The van der Waals surface area contributed by atoms with Gasteiger partial charge in [0.25, 0.3) is 6.71 Å². The summed E-state index contributed by atoms with van der Waals surface area (Å²) in [4.78, 5) is 5.02. The molecule has 242 valence electrons. The highest BCUT2D eigenvalue weighted by Crippen LogP contribution is 2.52. The molecule has 0 radical (unpaired) electrons. The van der Waals surface area contributed by atoms with E-state index in [0.29, 0.717) is 17.5 Å². The van der Waals surface area contributed by atoms with Crippen molar-refractivity contribution < 1.29 is 4.11 Å². The van der Waals surface area contributed by atoms with Crippen LogP contribution in [0, 0.1) is 18.7 Å². The van der Waals surface area contributed by atoms with Gasteiger partial charge in [-0.3, -0.25) is 0 Å². The van der Waals surface area contributed by atoms with Gasteiger partial charge in [-0.1, -0.05) is 105 Å². The summed E-state index contributed by atoms with van der Waals surface area (Å²) in [6, 6.07) is 27.7. The molecular formula is C44H53BN2. The Bertz CT molecular complexity index is 1990. The van der Waals surface area contributed by atoms with Crippen LogP contribution in [0.15, 0.2) is 72.8 Å². The molecule has 4 aromatic rings. The van der Waals surface area contributed by atoms with Gasteiger partial charge in [0, 0.05) is 38.6 Å². The molecule has 0 aromatic heterocycles. The first-order chi connectivity index (χ1) is 23.3. The number of hydrogen-bond donors (Lipinski definition) is 0. The van der Waals surface area contributed by atoms with Crippen LogP contribution in [-0.2, 0) is 16.2 Å². The number of nitrogens with zero attached hydrogens (tertiary/aromatic N) is 2. The zero-order valence-corrected chi connectivity index (χ0v) is 30.0. The fourth-order valence-corrected chi connectivity index (χ4v) is 9.23. The van der Waals surface area contributed by atoms with E-state index in [2.05, 4.69) is 133 Å². The van der Waals surface area contributed by atoms with Gasteiger partial charge in [-0.25, -0.2) is 0 Å². The van der Waals surface area contributed by atoms with Gasteiger partial charge >= 0.3 is 0 Å². The minimum atomic E-state index is -2.25. The van der Waals surface area contributed by atoms with E-state index >= 15 is 0 Å². The van der Waals surface area contributed by atoms with Crippen LogP contribution >= 0.6 is 0 Å². The maximum Gasteiger partial charge on any atom is 0.252 e. The summed E-state index contributed by atoms with van der Waals surface area (Å²) in [5.74, 6) is 1.38. The Morgan fingerprint density at radius 1 is 0.617 bits per heavy atom. The molecule has 2 bridgehead atoms. The minimum absolute atomic E-state index is 0.00127. The number of aryl methyl sites for hydroxylation is 1. The third-order valence-electron chi connectivity index (χ3n) is 11.9. The van der Waals surface area contributed by atoms with Crippen LogP contribution in [0.5, 0.6) is 0 Å². The van der Waals surface area contributed by atoms with Gasteiger partial charge in [-0.05, 0) is 129 Å². The van der Waals surface area contributed by atoms with Crippen molar-refractivity contribution >= 4 is 51.5 Å². The van der Waals surface area contributed by atoms with Crippen LogP contribution in [0.3, 0.4) is 0 Å². The van der Waals surface area contributed by atoms with Crippen LogP contribution in [0.4, 0.5) is 28.4 Å². The highest BCUT2D eigenvalue weighted by Gasteiger charge is 2.49. The van der Waals surface area contributed by atoms with E-state index in [1.807, 2.05) is 12.1 Å². The van der Waals surface area contributed by atoms with Crippen molar-refractivity contribution in [3.63, 3.8) is 0 Å². The van der Waals surface area contributed by atoms with Gasteiger partial charge in [0.05, 0.1) is 0 Å². The van der Waals surface area contributed by atoms with Gasteiger partial charge in [-0.2, -0.15) is 0 Å². The molecule has 2 saturated carbocycles. The van der Waals surface area contributed by atoms with E-state index in [1.165, 1.54) is 64.4 Å². The highest BCUT2D eigenvalue weighted by molar-refractivity contribution is 7.00. The van der Waals surface area contributed by atoms with E-state index in [4.69, 9.17) is 4.11 Å². The third kappa shape index (κ3) is 4.89. The normalized spacial score (nSPS) is 22.8. The lowest BCUT2D eigenvalue weighted by Crippen LogP contribution is -2.63. The summed E-state index contributed by atoms with van der Waals surface area (Å²) in [6.45, 7) is 18.2. The first kappa shape index (κ1) is 27.5. The lowest BCUT2D eigenvalue weighted by molar-refractivity contribution is 0.413. The molecule has 3 unspecified atom stereocenters. The van der Waals surface area contributed by atoms with Crippen molar-refractivity contribution in [1.82, 2.24) is 0 Å². The molecule has 0 amide bonds. The van der Waals surface area contributed by atoms with E-state index < -0.39 is 6.85 Å². The second-order valence-electron chi connectivity index (χ2n) is 18.2. The molecule has 2 heterocycles. The van der Waals surface area contributed by atoms with Gasteiger partial charge in [0.2, 0.25) is 0 Å². The zero-order valence-electron chi connectivity index (χ0n) is 33.0. The Morgan fingerprint density at radius 2 is 1.19 bits per heavy atom. The number of benzene rings is 4. The second-order valence-corrected chi connectivity index (χ2v) is 18.2. The smallest absolute Gasteiger partial charge is 0.252 e. The minimum Gasteiger partial charge on any atom is -0.339 e. The maximum atomic E-state index is 8.77. The van der Waals surface area contributed by atoms with Crippen molar-refractivity contribution in [2.75, 3.05) is 9.80 Å². The SMILES string of the molecule is [2H]C([2H])([2H])c1cc2c3c(c1)N(C1CC4CCC1C4)c1cc(C(C)(C)C)ccc1B3c1ccc(C(C)(C)C)cc1N2c1ccc(C(C)(C)C)cc1. The molecule has 0 saturated heterocycles.